The van der Waals surface area contributed by atoms with Crippen molar-refractivity contribution in [2.75, 3.05) is 5.32 Å². The number of anilines is 1. The van der Waals surface area contributed by atoms with Gasteiger partial charge in [0.05, 0.1) is 17.8 Å². The number of aryl methyl sites for hydroxylation is 1. The van der Waals surface area contributed by atoms with Gasteiger partial charge in [0, 0.05) is 24.4 Å². The van der Waals surface area contributed by atoms with Crippen LogP contribution >= 0.6 is 0 Å². The first-order valence-electron chi connectivity index (χ1n) is 9.14. The fourth-order valence-corrected chi connectivity index (χ4v) is 3.27. The molecule has 0 bridgehead atoms. The molecule has 4 rings (SSSR count). The van der Waals surface area contributed by atoms with Crippen molar-refractivity contribution in [1.82, 2.24) is 15.1 Å². The number of nitrogens with zero attached hydrogens (tertiary/aromatic N) is 2. The third-order valence-electron chi connectivity index (χ3n) is 4.87. The minimum absolute atomic E-state index is 0.00112. The Hall–Kier alpha value is -3.55. The number of benzene rings is 2. The molecule has 2 aromatic carbocycles. The second kappa shape index (κ2) is 7.46. The highest BCUT2D eigenvalue weighted by Gasteiger charge is 2.18. The van der Waals surface area contributed by atoms with Crippen molar-refractivity contribution in [3.05, 3.63) is 77.1 Å². The molecule has 1 atom stereocenters. The predicted molar refractivity (Wildman–Crippen MR) is 103 cm³/mol. The molecule has 6 nitrogen and oxygen atoms in total. The maximum atomic E-state index is 13.9. The van der Waals surface area contributed by atoms with E-state index in [0.717, 1.165) is 28.9 Å². The quantitative estimate of drug-likeness (QED) is 0.709. The summed E-state index contributed by atoms with van der Waals surface area (Å²) in [6.07, 6.45) is 3.82. The number of carbonyl (C=O) groups is 2. The number of fused-ring (bicyclic) bond motifs is 1. The number of rotatable bonds is 4. The Bertz CT molecular complexity index is 1110. The second-order valence-electron chi connectivity index (χ2n) is 6.93. The first kappa shape index (κ1) is 18.8. The third-order valence-corrected chi connectivity index (χ3v) is 4.87. The highest BCUT2D eigenvalue weighted by atomic mass is 19.1. The molecular formula is C21H18F2N4O2. The van der Waals surface area contributed by atoms with E-state index in [1.165, 1.54) is 23.1 Å². The number of hydrogen-bond acceptors (Lipinski definition) is 3. The largest absolute Gasteiger partial charge is 0.345 e. The Balaban J connectivity index is 1.48. The lowest BCUT2D eigenvalue weighted by atomic mass is 9.97. The van der Waals surface area contributed by atoms with Crippen LogP contribution in [-0.4, -0.2) is 21.6 Å². The standard InChI is InChI=1S/C21H18F2N4O2/c1-12(13-2-5-18-14(8-13)3-7-20(28)26-18)25-21(29)15-10-24-27(11-15)19-6-4-16(22)9-17(19)23/h2,4-6,8-12H,3,7H2,1H3,(H,25,29)(H,26,28). The van der Waals surface area contributed by atoms with Gasteiger partial charge in [-0.3, -0.25) is 9.59 Å². The fourth-order valence-electron chi connectivity index (χ4n) is 3.27. The van der Waals surface area contributed by atoms with Crippen LogP contribution in [0.4, 0.5) is 14.5 Å². The van der Waals surface area contributed by atoms with Crippen LogP contribution in [0, 0.1) is 11.6 Å². The molecule has 0 aliphatic carbocycles. The molecule has 2 N–H and O–H groups in total. The minimum Gasteiger partial charge on any atom is -0.345 e. The van der Waals surface area contributed by atoms with Crippen molar-refractivity contribution in [3.63, 3.8) is 0 Å². The summed E-state index contributed by atoms with van der Waals surface area (Å²) in [5.74, 6) is -1.82. The molecule has 0 saturated heterocycles. The van der Waals surface area contributed by atoms with Gasteiger partial charge in [-0.2, -0.15) is 5.10 Å². The van der Waals surface area contributed by atoms with E-state index in [1.807, 2.05) is 25.1 Å². The normalized spacial score (nSPS) is 14.1. The molecule has 0 radical (unpaired) electrons. The first-order chi connectivity index (χ1) is 13.9. The maximum Gasteiger partial charge on any atom is 0.254 e. The van der Waals surface area contributed by atoms with E-state index in [9.17, 15) is 18.4 Å². The SMILES string of the molecule is CC(NC(=O)c1cnn(-c2ccc(F)cc2F)c1)c1ccc2c(c1)CCC(=O)N2. The summed E-state index contributed by atoms with van der Waals surface area (Å²) in [6.45, 7) is 1.85. The third kappa shape index (κ3) is 3.87. The monoisotopic (exact) mass is 396 g/mol. The highest BCUT2D eigenvalue weighted by molar-refractivity contribution is 5.94. The molecule has 2 amide bonds. The van der Waals surface area contributed by atoms with Crippen LogP contribution in [0.15, 0.2) is 48.8 Å². The lowest BCUT2D eigenvalue weighted by Crippen LogP contribution is -2.27. The number of hydrogen-bond donors (Lipinski definition) is 2. The van der Waals surface area contributed by atoms with E-state index in [-0.39, 0.29) is 29.1 Å². The van der Waals surface area contributed by atoms with Gasteiger partial charge < -0.3 is 10.6 Å². The Morgan fingerprint density at radius 3 is 2.83 bits per heavy atom. The fraction of sp³-hybridized carbons (Fsp3) is 0.190. The topological polar surface area (TPSA) is 76.0 Å². The van der Waals surface area contributed by atoms with Crippen molar-refractivity contribution in [3.8, 4) is 5.69 Å². The molecule has 8 heteroatoms. The molecule has 1 aliphatic heterocycles. The Morgan fingerprint density at radius 2 is 2.03 bits per heavy atom. The average Bonchev–Trinajstić information content (AvgIpc) is 3.17. The van der Waals surface area contributed by atoms with E-state index >= 15 is 0 Å². The maximum absolute atomic E-state index is 13.9. The Labute approximate surface area is 165 Å². The lowest BCUT2D eigenvalue weighted by molar-refractivity contribution is -0.116. The minimum atomic E-state index is -0.769. The van der Waals surface area contributed by atoms with Crippen LogP contribution in [0.3, 0.4) is 0 Å². The van der Waals surface area contributed by atoms with Crippen LogP contribution in [-0.2, 0) is 11.2 Å². The van der Waals surface area contributed by atoms with E-state index in [1.54, 1.807) is 0 Å². The van der Waals surface area contributed by atoms with Crippen LogP contribution in [0.5, 0.6) is 0 Å². The van der Waals surface area contributed by atoms with Crippen molar-refractivity contribution < 1.29 is 18.4 Å². The first-order valence-corrected chi connectivity index (χ1v) is 9.14. The van der Waals surface area contributed by atoms with Crippen molar-refractivity contribution >= 4 is 17.5 Å². The van der Waals surface area contributed by atoms with Gasteiger partial charge in [0.2, 0.25) is 5.91 Å². The average molecular weight is 396 g/mol. The summed E-state index contributed by atoms with van der Waals surface area (Å²) in [5.41, 5.74) is 3.04. The molecular weight excluding hydrogens is 378 g/mol. The molecule has 1 aliphatic rings. The number of amides is 2. The van der Waals surface area contributed by atoms with Gasteiger partial charge in [-0.15, -0.1) is 0 Å². The predicted octanol–water partition coefficient (Wildman–Crippen LogP) is 3.53. The van der Waals surface area contributed by atoms with Gasteiger partial charge in [0.15, 0.2) is 5.82 Å². The summed E-state index contributed by atoms with van der Waals surface area (Å²) in [5, 5.41) is 9.71. The van der Waals surface area contributed by atoms with Crippen LogP contribution in [0.25, 0.3) is 5.69 Å². The second-order valence-corrected chi connectivity index (χ2v) is 6.93. The molecule has 148 valence electrons. The molecule has 0 spiro atoms. The van der Waals surface area contributed by atoms with Crippen molar-refractivity contribution in [2.24, 2.45) is 0 Å². The van der Waals surface area contributed by atoms with Crippen LogP contribution in [0.1, 0.15) is 40.9 Å². The highest BCUT2D eigenvalue weighted by Crippen LogP contribution is 2.26. The zero-order chi connectivity index (χ0) is 20.5. The summed E-state index contributed by atoms with van der Waals surface area (Å²) in [7, 11) is 0. The van der Waals surface area contributed by atoms with E-state index in [4.69, 9.17) is 0 Å². The van der Waals surface area contributed by atoms with Gasteiger partial charge >= 0.3 is 0 Å². The summed E-state index contributed by atoms with van der Waals surface area (Å²) >= 11 is 0. The van der Waals surface area contributed by atoms with Crippen LogP contribution < -0.4 is 10.6 Å². The van der Waals surface area contributed by atoms with Gasteiger partial charge in [0.1, 0.15) is 11.5 Å². The summed E-state index contributed by atoms with van der Waals surface area (Å²) in [4.78, 5) is 24.0. The van der Waals surface area contributed by atoms with Crippen molar-refractivity contribution in [2.45, 2.75) is 25.8 Å². The molecule has 0 saturated carbocycles. The number of carbonyl (C=O) groups excluding carboxylic acids is 2. The smallest absolute Gasteiger partial charge is 0.254 e. The zero-order valence-corrected chi connectivity index (χ0v) is 15.6. The summed E-state index contributed by atoms with van der Waals surface area (Å²) < 4.78 is 28.2. The molecule has 3 aromatic rings. The molecule has 1 unspecified atom stereocenters. The number of nitrogens with one attached hydrogen (secondary N) is 2. The molecule has 2 heterocycles. The Kier molecular flexibility index (Phi) is 4.84. The van der Waals surface area contributed by atoms with Crippen molar-refractivity contribution in [1.29, 1.82) is 0 Å². The van der Waals surface area contributed by atoms with Gasteiger partial charge in [-0.05, 0) is 42.7 Å². The number of halogens is 2. The van der Waals surface area contributed by atoms with Gasteiger partial charge in [-0.25, -0.2) is 13.5 Å². The zero-order valence-electron chi connectivity index (χ0n) is 15.6. The molecule has 29 heavy (non-hydrogen) atoms. The number of aromatic nitrogens is 2. The lowest BCUT2D eigenvalue weighted by Gasteiger charge is -2.20. The van der Waals surface area contributed by atoms with Crippen LogP contribution in [0.2, 0.25) is 0 Å². The van der Waals surface area contributed by atoms with E-state index in [0.29, 0.717) is 12.8 Å². The summed E-state index contributed by atoms with van der Waals surface area (Å²) in [6, 6.07) is 8.52. The molecule has 0 fully saturated rings. The Morgan fingerprint density at radius 1 is 1.21 bits per heavy atom. The molecule has 1 aromatic heterocycles. The van der Waals surface area contributed by atoms with E-state index < -0.39 is 11.6 Å². The van der Waals surface area contributed by atoms with Gasteiger partial charge in [-0.1, -0.05) is 12.1 Å². The van der Waals surface area contributed by atoms with Gasteiger partial charge in [0.25, 0.3) is 5.91 Å². The van der Waals surface area contributed by atoms with E-state index in [2.05, 4.69) is 15.7 Å².